The van der Waals surface area contributed by atoms with Crippen molar-refractivity contribution in [3.63, 3.8) is 0 Å². The molecule has 1 aliphatic carbocycles. The van der Waals surface area contributed by atoms with Crippen LogP contribution in [0.3, 0.4) is 0 Å². The second kappa shape index (κ2) is 11.7. The molecule has 1 aromatic carbocycles. The van der Waals surface area contributed by atoms with Crippen LogP contribution in [0.15, 0.2) is 61.1 Å². The first-order chi connectivity index (χ1) is 16.7. The van der Waals surface area contributed by atoms with Gasteiger partial charge in [-0.05, 0) is 68.0 Å². The van der Waals surface area contributed by atoms with Gasteiger partial charge in [-0.2, -0.15) is 0 Å². The summed E-state index contributed by atoms with van der Waals surface area (Å²) in [5.41, 5.74) is 3.02. The minimum Gasteiger partial charge on any atom is -0.493 e. The van der Waals surface area contributed by atoms with Crippen LogP contribution in [-0.4, -0.2) is 40.9 Å². The van der Waals surface area contributed by atoms with Crippen molar-refractivity contribution in [2.45, 2.75) is 57.8 Å². The van der Waals surface area contributed by atoms with Crippen LogP contribution in [-0.2, 0) is 6.54 Å². The monoisotopic (exact) mass is 462 g/mol. The number of aliphatic hydroxyl groups excluding tert-OH is 1. The third-order valence-electron chi connectivity index (χ3n) is 6.17. The van der Waals surface area contributed by atoms with E-state index >= 15 is 0 Å². The van der Waals surface area contributed by atoms with Gasteiger partial charge in [-0.1, -0.05) is 13.0 Å². The van der Waals surface area contributed by atoms with Crippen LogP contribution in [0.2, 0.25) is 0 Å². The molecule has 4 rings (SSSR count). The van der Waals surface area contributed by atoms with E-state index in [9.17, 15) is 5.11 Å². The van der Waals surface area contributed by atoms with Gasteiger partial charge in [-0.3, -0.25) is 4.98 Å². The number of aromatic nitrogens is 2. The molecule has 0 radical (unpaired) electrons. The summed E-state index contributed by atoms with van der Waals surface area (Å²) in [5, 5.41) is 13.0. The predicted molar refractivity (Wildman–Crippen MR) is 135 cm³/mol. The first-order valence-electron chi connectivity index (χ1n) is 12.1. The largest absolute Gasteiger partial charge is 0.493 e. The zero-order valence-electron chi connectivity index (χ0n) is 20.0. The van der Waals surface area contributed by atoms with Crippen LogP contribution in [0.1, 0.15) is 44.6 Å². The first kappa shape index (κ1) is 23.8. The molecule has 34 heavy (non-hydrogen) atoms. The number of anilines is 3. The maximum Gasteiger partial charge on any atom is 0.163 e. The van der Waals surface area contributed by atoms with Crippen LogP contribution < -0.4 is 19.7 Å². The second-order valence-corrected chi connectivity index (χ2v) is 8.65. The molecule has 0 bridgehead atoms. The van der Waals surface area contributed by atoms with Gasteiger partial charge in [-0.25, -0.2) is 4.98 Å². The highest BCUT2D eigenvalue weighted by Gasteiger charge is 2.20. The summed E-state index contributed by atoms with van der Waals surface area (Å²) in [6.07, 6.45) is 10.6. The van der Waals surface area contributed by atoms with Crippen molar-refractivity contribution in [1.82, 2.24) is 9.97 Å². The van der Waals surface area contributed by atoms with Crippen molar-refractivity contribution in [2.24, 2.45) is 0 Å². The van der Waals surface area contributed by atoms with Gasteiger partial charge in [0.15, 0.2) is 11.5 Å². The van der Waals surface area contributed by atoms with Crippen molar-refractivity contribution in [1.29, 1.82) is 0 Å². The Morgan fingerprint density at radius 1 is 1.09 bits per heavy atom. The number of hydrogen-bond donors (Lipinski definition) is 2. The number of ether oxygens (including phenoxy) is 2. The van der Waals surface area contributed by atoms with Gasteiger partial charge < -0.3 is 24.8 Å². The van der Waals surface area contributed by atoms with E-state index in [1.54, 1.807) is 13.3 Å². The Balaban J connectivity index is 1.62. The molecule has 0 aliphatic heterocycles. The minimum atomic E-state index is -0.388. The topological polar surface area (TPSA) is 79.7 Å². The van der Waals surface area contributed by atoms with Crippen LogP contribution in [0.5, 0.6) is 11.5 Å². The Kier molecular flexibility index (Phi) is 8.20. The number of benzene rings is 1. The van der Waals surface area contributed by atoms with E-state index in [-0.39, 0.29) is 12.2 Å². The van der Waals surface area contributed by atoms with Gasteiger partial charge in [0.25, 0.3) is 0 Å². The third kappa shape index (κ3) is 6.17. The summed E-state index contributed by atoms with van der Waals surface area (Å²) in [6.45, 7) is 3.06. The zero-order valence-corrected chi connectivity index (χ0v) is 20.0. The lowest BCUT2D eigenvalue weighted by Gasteiger charge is -2.26. The standard InChI is InChI=1S/C27H34N4O3/c1-3-23(32)18-30-27-13-11-22(17-29-27)31(19-20-7-6-14-28-16-20)21-10-12-25(33-2)26(15-21)34-24-8-4-5-9-24/h6-7,10-17,23-24,32H,3-5,8-9,18-19H2,1-2H3,(H,29,30). The van der Waals surface area contributed by atoms with E-state index in [4.69, 9.17) is 9.47 Å². The molecule has 180 valence electrons. The molecule has 1 unspecified atom stereocenters. The molecular formula is C27H34N4O3. The van der Waals surface area contributed by atoms with Gasteiger partial charge >= 0.3 is 0 Å². The van der Waals surface area contributed by atoms with Crippen molar-refractivity contribution in [2.75, 3.05) is 23.9 Å². The predicted octanol–water partition coefficient (Wildman–Crippen LogP) is 5.33. The summed E-state index contributed by atoms with van der Waals surface area (Å²) in [6, 6.07) is 14.0. The Morgan fingerprint density at radius 2 is 1.91 bits per heavy atom. The maximum absolute atomic E-state index is 9.82. The number of pyridine rings is 2. The van der Waals surface area contributed by atoms with Crippen molar-refractivity contribution in [3.8, 4) is 11.5 Å². The van der Waals surface area contributed by atoms with Crippen molar-refractivity contribution >= 4 is 17.2 Å². The van der Waals surface area contributed by atoms with Gasteiger partial charge in [-0.15, -0.1) is 0 Å². The van der Waals surface area contributed by atoms with Gasteiger partial charge in [0.2, 0.25) is 0 Å². The summed E-state index contributed by atoms with van der Waals surface area (Å²) in [5.74, 6) is 2.24. The quantitative estimate of drug-likeness (QED) is 0.399. The number of nitrogens with zero attached hydrogens (tertiary/aromatic N) is 3. The fraction of sp³-hybridized carbons (Fsp3) is 0.407. The highest BCUT2D eigenvalue weighted by atomic mass is 16.5. The molecule has 2 N–H and O–H groups in total. The number of hydrogen-bond acceptors (Lipinski definition) is 7. The van der Waals surface area contributed by atoms with Gasteiger partial charge in [0.05, 0.1) is 31.2 Å². The van der Waals surface area contributed by atoms with E-state index in [1.165, 1.54) is 12.8 Å². The number of rotatable bonds is 11. The average Bonchev–Trinajstić information content (AvgIpc) is 3.40. The van der Waals surface area contributed by atoms with E-state index in [1.807, 2.05) is 49.6 Å². The molecule has 2 heterocycles. The molecule has 1 aliphatic rings. The molecule has 0 saturated heterocycles. The summed E-state index contributed by atoms with van der Waals surface area (Å²) < 4.78 is 11.9. The SMILES string of the molecule is CCC(O)CNc1ccc(N(Cc2cccnc2)c2ccc(OC)c(OC3CCCC3)c2)cn1. The lowest BCUT2D eigenvalue weighted by Crippen LogP contribution is -2.19. The molecule has 3 aromatic rings. The number of aliphatic hydroxyl groups is 1. The van der Waals surface area contributed by atoms with E-state index < -0.39 is 0 Å². The Labute approximate surface area is 201 Å². The lowest BCUT2D eigenvalue weighted by atomic mass is 10.2. The first-order valence-corrected chi connectivity index (χ1v) is 12.1. The fourth-order valence-electron chi connectivity index (χ4n) is 4.13. The Morgan fingerprint density at radius 3 is 2.59 bits per heavy atom. The average molecular weight is 463 g/mol. The molecular weight excluding hydrogens is 428 g/mol. The van der Waals surface area contributed by atoms with Crippen LogP contribution in [0.4, 0.5) is 17.2 Å². The highest BCUT2D eigenvalue weighted by Crippen LogP contribution is 2.37. The highest BCUT2D eigenvalue weighted by molar-refractivity contribution is 5.67. The molecule has 0 amide bonds. The van der Waals surface area contributed by atoms with E-state index in [0.717, 1.165) is 47.1 Å². The number of methoxy groups -OCH3 is 1. The van der Waals surface area contributed by atoms with Crippen LogP contribution in [0, 0.1) is 0 Å². The molecule has 2 aromatic heterocycles. The van der Waals surface area contributed by atoms with E-state index in [2.05, 4.69) is 32.3 Å². The molecule has 7 nitrogen and oxygen atoms in total. The minimum absolute atomic E-state index is 0.237. The second-order valence-electron chi connectivity index (χ2n) is 8.65. The van der Waals surface area contributed by atoms with Crippen molar-refractivity contribution in [3.05, 3.63) is 66.6 Å². The maximum atomic E-state index is 9.82. The molecule has 0 spiro atoms. The lowest BCUT2D eigenvalue weighted by molar-refractivity contribution is 0.183. The molecule has 1 atom stereocenters. The van der Waals surface area contributed by atoms with Crippen LogP contribution in [0.25, 0.3) is 0 Å². The summed E-state index contributed by atoms with van der Waals surface area (Å²) in [7, 11) is 1.68. The Bertz CT molecular complexity index is 1020. The summed E-state index contributed by atoms with van der Waals surface area (Å²) >= 11 is 0. The van der Waals surface area contributed by atoms with Crippen LogP contribution >= 0.6 is 0 Å². The van der Waals surface area contributed by atoms with E-state index in [0.29, 0.717) is 19.5 Å². The van der Waals surface area contributed by atoms with Crippen molar-refractivity contribution < 1.29 is 14.6 Å². The Hall–Kier alpha value is -3.32. The zero-order chi connectivity index (χ0) is 23.8. The molecule has 7 heteroatoms. The normalized spacial score (nSPS) is 14.6. The smallest absolute Gasteiger partial charge is 0.163 e. The molecule has 1 fully saturated rings. The summed E-state index contributed by atoms with van der Waals surface area (Å²) in [4.78, 5) is 11.0. The molecule has 1 saturated carbocycles. The third-order valence-corrected chi connectivity index (χ3v) is 6.17. The van der Waals surface area contributed by atoms with Gasteiger partial charge in [0.1, 0.15) is 5.82 Å². The van der Waals surface area contributed by atoms with Gasteiger partial charge in [0, 0.05) is 37.2 Å². The number of nitrogens with one attached hydrogen (secondary N) is 1. The fourth-order valence-corrected chi connectivity index (χ4v) is 4.13.